The molecule has 1 aliphatic rings. The lowest BCUT2D eigenvalue weighted by Gasteiger charge is -2.22. The van der Waals surface area contributed by atoms with Gasteiger partial charge in [0.25, 0.3) is 0 Å². The monoisotopic (exact) mass is 250 g/mol. The van der Waals surface area contributed by atoms with Crippen molar-refractivity contribution in [2.45, 2.75) is 44.4 Å². The van der Waals surface area contributed by atoms with Gasteiger partial charge in [0, 0.05) is 0 Å². The molecular weight excluding hydrogens is 231 g/mol. The Morgan fingerprint density at radius 3 is 2.44 bits per heavy atom. The molecule has 1 aromatic rings. The van der Waals surface area contributed by atoms with Crippen molar-refractivity contribution in [2.75, 3.05) is 0 Å². The van der Waals surface area contributed by atoms with Crippen molar-refractivity contribution in [3.05, 3.63) is 35.6 Å². The lowest BCUT2D eigenvalue weighted by molar-refractivity contribution is -0.140. The van der Waals surface area contributed by atoms with Crippen LogP contribution in [0, 0.1) is 11.7 Å². The van der Waals surface area contributed by atoms with E-state index >= 15 is 0 Å². The summed E-state index contributed by atoms with van der Waals surface area (Å²) in [5.74, 6) is -1.59. The highest BCUT2D eigenvalue weighted by molar-refractivity contribution is 5.76. The molecule has 0 amide bonds. The van der Waals surface area contributed by atoms with E-state index in [0.29, 0.717) is 5.56 Å². The topological polar surface area (TPSA) is 37.3 Å². The van der Waals surface area contributed by atoms with E-state index in [9.17, 15) is 14.3 Å². The summed E-state index contributed by atoms with van der Waals surface area (Å²) in [5.41, 5.74) is 0.606. The number of carboxylic acid groups (broad SMARTS) is 1. The Balaban J connectivity index is 2.24. The van der Waals surface area contributed by atoms with Gasteiger partial charge >= 0.3 is 5.97 Å². The van der Waals surface area contributed by atoms with Gasteiger partial charge in [-0.3, -0.25) is 4.79 Å². The molecule has 1 fully saturated rings. The minimum absolute atomic E-state index is 0.145. The van der Waals surface area contributed by atoms with Crippen LogP contribution in [-0.2, 0) is 4.79 Å². The smallest absolute Gasteiger partial charge is 0.311 e. The van der Waals surface area contributed by atoms with E-state index in [-0.39, 0.29) is 11.7 Å². The predicted molar refractivity (Wildman–Crippen MR) is 68.0 cm³/mol. The minimum atomic E-state index is -0.826. The Labute approximate surface area is 107 Å². The average molecular weight is 250 g/mol. The van der Waals surface area contributed by atoms with Crippen molar-refractivity contribution in [2.24, 2.45) is 5.92 Å². The quantitative estimate of drug-likeness (QED) is 0.824. The summed E-state index contributed by atoms with van der Waals surface area (Å²) in [4.78, 5) is 11.5. The number of carbonyl (C=O) groups is 1. The van der Waals surface area contributed by atoms with Gasteiger partial charge in [0.1, 0.15) is 5.82 Å². The molecule has 1 saturated carbocycles. The molecule has 0 radical (unpaired) electrons. The van der Waals surface area contributed by atoms with Gasteiger partial charge in [0.15, 0.2) is 0 Å². The van der Waals surface area contributed by atoms with Crippen LogP contribution in [0.4, 0.5) is 4.39 Å². The van der Waals surface area contributed by atoms with Gasteiger partial charge < -0.3 is 5.11 Å². The second kappa shape index (κ2) is 5.98. The summed E-state index contributed by atoms with van der Waals surface area (Å²) < 4.78 is 13.2. The van der Waals surface area contributed by atoms with Crippen LogP contribution >= 0.6 is 0 Å². The number of rotatable bonds is 3. The lowest BCUT2D eigenvalue weighted by atomic mass is 9.81. The van der Waals surface area contributed by atoms with E-state index in [1.165, 1.54) is 25.0 Å². The molecule has 1 unspecified atom stereocenters. The third kappa shape index (κ3) is 3.09. The number of benzene rings is 1. The van der Waals surface area contributed by atoms with Crippen LogP contribution in [0.3, 0.4) is 0 Å². The Morgan fingerprint density at radius 2 is 1.89 bits per heavy atom. The highest BCUT2D eigenvalue weighted by Gasteiger charge is 2.30. The fourth-order valence-electron chi connectivity index (χ4n) is 2.96. The fraction of sp³-hybridized carbons (Fsp3) is 0.533. The second-order valence-electron chi connectivity index (χ2n) is 5.12. The lowest BCUT2D eigenvalue weighted by Crippen LogP contribution is -2.21. The SMILES string of the molecule is O=C(O)C(c1cccc(F)c1)C1CCCCCC1. The first kappa shape index (κ1) is 13.1. The van der Waals surface area contributed by atoms with Gasteiger partial charge in [-0.2, -0.15) is 0 Å². The fourth-order valence-corrected chi connectivity index (χ4v) is 2.96. The molecule has 18 heavy (non-hydrogen) atoms. The third-order valence-electron chi connectivity index (χ3n) is 3.85. The van der Waals surface area contributed by atoms with E-state index in [4.69, 9.17) is 0 Å². The van der Waals surface area contributed by atoms with E-state index in [0.717, 1.165) is 25.7 Å². The van der Waals surface area contributed by atoms with Crippen LogP contribution in [0.15, 0.2) is 24.3 Å². The van der Waals surface area contributed by atoms with Crippen molar-refractivity contribution < 1.29 is 14.3 Å². The van der Waals surface area contributed by atoms with Gasteiger partial charge in [0.2, 0.25) is 0 Å². The maximum absolute atomic E-state index is 13.2. The van der Waals surface area contributed by atoms with Gasteiger partial charge in [0.05, 0.1) is 5.92 Å². The first-order valence-electron chi connectivity index (χ1n) is 6.67. The van der Waals surface area contributed by atoms with E-state index in [1.807, 2.05) is 0 Å². The number of carboxylic acids is 1. The maximum atomic E-state index is 13.2. The molecule has 0 aromatic heterocycles. The van der Waals surface area contributed by atoms with Gasteiger partial charge in [-0.05, 0) is 36.5 Å². The molecule has 1 aliphatic carbocycles. The highest BCUT2D eigenvalue weighted by atomic mass is 19.1. The molecule has 0 heterocycles. The van der Waals surface area contributed by atoms with Crippen LogP contribution in [0.25, 0.3) is 0 Å². The Hall–Kier alpha value is -1.38. The first-order chi connectivity index (χ1) is 8.68. The summed E-state index contributed by atoms with van der Waals surface area (Å²) in [6.07, 6.45) is 6.42. The molecule has 0 spiro atoms. The summed E-state index contributed by atoms with van der Waals surface area (Å²) in [5, 5.41) is 9.44. The molecule has 3 heteroatoms. The minimum Gasteiger partial charge on any atom is -0.481 e. The Bertz CT molecular complexity index is 409. The molecule has 0 aliphatic heterocycles. The maximum Gasteiger partial charge on any atom is 0.311 e. The number of hydrogen-bond donors (Lipinski definition) is 1. The summed E-state index contributed by atoms with van der Waals surface area (Å²) in [7, 11) is 0. The van der Waals surface area contributed by atoms with Crippen LogP contribution in [0.1, 0.15) is 50.0 Å². The zero-order chi connectivity index (χ0) is 13.0. The summed E-state index contributed by atoms with van der Waals surface area (Å²) in [6.45, 7) is 0. The number of aliphatic carboxylic acids is 1. The zero-order valence-corrected chi connectivity index (χ0v) is 10.4. The molecule has 2 rings (SSSR count). The zero-order valence-electron chi connectivity index (χ0n) is 10.4. The van der Waals surface area contributed by atoms with Crippen LogP contribution in [0.5, 0.6) is 0 Å². The summed E-state index contributed by atoms with van der Waals surface area (Å²) >= 11 is 0. The molecule has 1 N–H and O–H groups in total. The standard InChI is InChI=1S/C15H19FO2/c16-13-9-5-8-12(10-13)14(15(17)18)11-6-3-1-2-4-7-11/h5,8-11,14H,1-4,6-7H2,(H,17,18). The molecule has 0 bridgehead atoms. The van der Waals surface area contributed by atoms with Crippen molar-refractivity contribution in [3.63, 3.8) is 0 Å². The molecule has 2 nitrogen and oxygen atoms in total. The Morgan fingerprint density at radius 1 is 1.22 bits per heavy atom. The van der Waals surface area contributed by atoms with Crippen LogP contribution in [-0.4, -0.2) is 11.1 Å². The molecule has 1 aromatic carbocycles. The predicted octanol–water partition coefficient (Wildman–Crippen LogP) is 3.96. The average Bonchev–Trinajstić information content (AvgIpc) is 2.58. The number of halogens is 1. The van der Waals surface area contributed by atoms with Crippen molar-refractivity contribution >= 4 is 5.97 Å². The van der Waals surface area contributed by atoms with Gasteiger partial charge in [-0.25, -0.2) is 4.39 Å². The van der Waals surface area contributed by atoms with E-state index < -0.39 is 11.9 Å². The van der Waals surface area contributed by atoms with Crippen LogP contribution in [0.2, 0.25) is 0 Å². The van der Waals surface area contributed by atoms with Crippen molar-refractivity contribution in [3.8, 4) is 0 Å². The third-order valence-corrected chi connectivity index (χ3v) is 3.85. The number of hydrogen-bond acceptors (Lipinski definition) is 1. The van der Waals surface area contributed by atoms with Gasteiger partial charge in [-0.1, -0.05) is 37.8 Å². The second-order valence-corrected chi connectivity index (χ2v) is 5.12. The van der Waals surface area contributed by atoms with Crippen molar-refractivity contribution in [1.82, 2.24) is 0 Å². The Kier molecular flexibility index (Phi) is 4.34. The van der Waals surface area contributed by atoms with E-state index in [1.54, 1.807) is 12.1 Å². The highest BCUT2D eigenvalue weighted by Crippen LogP contribution is 2.35. The van der Waals surface area contributed by atoms with Crippen molar-refractivity contribution in [1.29, 1.82) is 0 Å². The van der Waals surface area contributed by atoms with E-state index in [2.05, 4.69) is 0 Å². The normalized spacial score (nSPS) is 19.2. The first-order valence-corrected chi connectivity index (χ1v) is 6.67. The van der Waals surface area contributed by atoms with Crippen LogP contribution < -0.4 is 0 Å². The summed E-state index contributed by atoms with van der Waals surface area (Å²) in [6, 6.07) is 6.04. The van der Waals surface area contributed by atoms with Gasteiger partial charge in [-0.15, -0.1) is 0 Å². The molecule has 1 atom stereocenters. The molecule has 98 valence electrons. The largest absolute Gasteiger partial charge is 0.481 e. The molecular formula is C15H19FO2. The molecule has 0 saturated heterocycles.